The van der Waals surface area contributed by atoms with Gasteiger partial charge in [0.1, 0.15) is 5.75 Å². The molecule has 0 aromatic heterocycles. The van der Waals surface area contributed by atoms with Gasteiger partial charge < -0.3 is 4.43 Å². The normalized spacial score (nSPS) is 11.6. The van der Waals surface area contributed by atoms with Crippen LogP contribution in [0.5, 0.6) is 5.75 Å². The van der Waals surface area contributed by atoms with Crippen LogP contribution < -0.4 is 9.61 Å². The van der Waals surface area contributed by atoms with E-state index in [1.165, 1.54) is 92.6 Å². The Kier molecular flexibility index (Phi) is 11.3. The van der Waals surface area contributed by atoms with Gasteiger partial charge in [-0.3, -0.25) is 0 Å². The Morgan fingerprint density at radius 2 is 1.00 bits per heavy atom. The van der Waals surface area contributed by atoms with E-state index < -0.39 is 8.32 Å². The highest BCUT2D eigenvalue weighted by atomic mass is 28.4. The van der Waals surface area contributed by atoms with Crippen molar-refractivity contribution in [3.8, 4) is 5.75 Å². The molecule has 0 saturated carbocycles. The molecule has 30 heavy (non-hydrogen) atoms. The Hall–Kier alpha value is -1.54. The minimum atomic E-state index is -2.05. The minimum absolute atomic E-state index is 1.07. The van der Waals surface area contributed by atoms with Crippen LogP contribution in [-0.2, 0) is 12.8 Å². The largest absolute Gasteiger partial charge is 0.539 e. The summed E-state index contributed by atoms with van der Waals surface area (Å²) in [5.41, 5.74) is 2.90. The van der Waals surface area contributed by atoms with E-state index in [2.05, 4.69) is 76.2 Å². The summed E-state index contributed by atoms with van der Waals surface area (Å²) in [5.74, 6) is 1.07. The first-order chi connectivity index (χ1) is 14.7. The number of rotatable bonds is 15. The standard InChI is InChI=1S/C28H44OSi/c1-5-9-13-25-15-19-27(20-16-25)29-30(23-11-7-3,24-12-8-4)28-21-17-26(18-22-28)14-10-6-2/h15-22H,5-14,23-24H2,1-4H3. The summed E-state index contributed by atoms with van der Waals surface area (Å²) < 4.78 is 7.01. The van der Waals surface area contributed by atoms with Crippen molar-refractivity contribution in [3.63, 3.8) is 0 Å². The molecule has 1 nitrogen and oxygen atoms in total. The molecule has 0 saturated heterocycles. The molecule has 2 aromatic rings. The van der Waals surface area contributed by atoms with Gasteiger partial charge in [0.05, 0.1) is 0 Å². The average molecular weight is 425 g/mol. The van der Waals surface area contributed by atoms with Crippen molar-refractivity contribution in [2.75, 3.05) is 0 Å². The molecule has 0 atom stereocenters. The molecule has 0 N–H and O–H groups in total. The van der Waals surface area contributed by atoms with Crippen LogP contribution in [-0.4, -0.2) is 8.32 Å². The number of hydrogen-bond donors (Lipinski definition) is 0. The third-order valence-electron chi connectivity index (χ3n) is 6.22. The van der Waals surface area contributed by atoms with E-state index in [0.29, 0.717) is 0 Å². The first-order valence-electron chi connectivity index (χ1n) is 12.5. The van der Waals surface area contributed by atoms with Crippen molar-refractivity contribution in [1.82, 2.24) is 0 Å². The molecular weight excluding hydrogens is 380 g/mol. The zero-order chi connectivity index (χ0) is 21.7. The molecule has 2 aromatic carbocycles. The highest BCUT2D eigenvalue weighted by Crippen LogP contribution is 2.27. The SMILES string of the molecule is CCCCc1ccc(O[Si](CCCC)(CCCC)c2ccc(CCCC)cc2)cc1. The second kappa shape index (κ2) is 13.7. The first-order valence-corrected chi connectivity index (χ1v) is 14.9. The minimum Gasteiger partial charge on any atom is -0.539 e. The maximum absolute atomic E-state index is 7.01. The van der Waals surface area contributed by atoms with Crippen molar-refractivity contribution in [2.45, 2.75) is 104 Å². The molecule has 0 spiro atoms. The van der Waals surface area contributed by atoms with Crippen LogP contribution in [0.4, 0.5) is 0 Å². The lowest BCUT2D eigenvalue weighted by molar-refractivity contribution is 0.534. The lowest BCUT2D eigenvalue weighted by atomic mass is 10.1. The first kappa shape index (κ1) is 24.7. The maximum atomic E-state index is 7.01. The Labute approximate surface area is 187 Å². The predicted molar refractivity (Wildman–Crippen MR) is 136 cm³/mol. The molecule has 0 aliphatic heterocycles. The van der Waals surface area contributed by atoms with Crippen LogP contribution >= 0.6 is 0 Å². The van der Waals surface area contributed by atoms with Crippen molar-refractivity contribution < 1.29 is 4.43 Å². The molecule has 0 heterocycles. The summed E-state index contributed by atoms with van der Waals surface area (Å²) in [7, 11) is -2.05. The Morgan fingerprint density at radius 3 is 1.43 bits per heavy atom. The maximum Gasteiger partial charge on any atom is 0.282 e. The van der Waals surface area contributed by atoms with Gasteiger partial charge in [0, 0.05) is 0 Å². The lowest BCUT2D eigenvalue weighted by Crippen LogP contribution is -2.53. The second-order valence-electron chi connectivity index (χ2n) is 8.85. The summed E-state index contributed by atoms with van der Waals surface area (Å²) in [4.78, 5) is 0. The lowest BCUT2D eigenvalue weighted by Gasteiger charge is -2.33. The van der Waals surface area contributed by atoms with Gasteiger partial charge in [-0.2, -0.15) is 0 Å². The molecule has 0 aliphatic carbocycles. The fourth-order valence-electron chi connectivity index (χ4n) is 4.19. The van der Waals surface area contributed by atoms with Crippen LogP contribution in [0.15, 0.2) is 48.5 Å². The highest BCUT2D eigenvalue weighted by molar-refractivity contribution is 6.87. The van der Waals surface area contributed by atoms with E-state index in [0.717, 1.165) is 5.75 Å². The fraction of sp³-hybridized carbons (Fsp3) is 0.571. The summed E-state index contributed by atoms with van der Waals surface area (Å²) in [5, 5.41) is 1.49. The van der Waals surface area contributed by atoms with Gasteiger partial charge in [0.2, 0.25) is 0 Å². The average Bonchev–Trinajstić information content (AvgIpc) is 2.79. The van der Waals surface area contributed by atoms with Crippen molar-refractivity contribution >= 4 is 13.5 Å². The number of hydrogen-bond acceptors (Lipinski definition) is 1. The van der Waals surface area contributed by atoms with Crippen molar-refractivity contribution in [2.24, 2.45) is 0 Å². The van der Waals surface area contributed by atoms with Gasteiger partial charge >= 0.3 is 0 Å². The Morgan fingerprint density at radius 1 is 0.567 bits per heavy atom. The second-order valence-corrected chi connectivity index (χ2v) is 12.6. The number of aryl methyl sites for hydroxylation is 2. The molecule has 0 bridgehead atoms. The third-order valence-corrected chi connectivity index (χ3v) is 10.6. The van der Waals surface area contributed by atoms with Crippen LogP contribution in [0.3, 0.4) is 0 Å². The molecule has 2 heteroatoms. The summed E-state index contributed by atoms with van der Waals surface area (Å²) in [6.45, 7) is 9.13. The summed E-state index contributed by atoms with van der Waals surface area (Å²) in [6, 6.07) is 21.0. The smallest absolute Gasteiger partial charge is 0.282 e. The molecular formula is C28H44OSi. The molecule has 166 valence electrons. The van der Waals surface area contributed by atoms with E-state index in [1.54, 1.807) is 0 Å². The zero-order valence-electron chi connectivity index (χ0n) is 20.0. The Bertz CT molecular complexity index is 682. The van der Waals surface area contributed by atoms with Crippen LogP contribution in [0.2, 0.25) is 12.1 Å². The van der Waals surface area contributed by atoms with Gasteiger partial charge in [-0.05, 0) is 66.2 Å². The molecule has 0 radical (unpaired) electrons. The van der Waals surface area contributed by atoms with E-state index in [1.807, 2.05) is 0 Å². The number of unbranched alkanes of at least 4 members (excludes halogenated alkanes) is 4. The predicted octanol–water partition coefficient (Wildman–Crippen LogP) is 8.20. The molecule has 0 aliphatic rings. The van der Waals surface area contributed by atoms with E-state index >= 15 is 0 Å². The quantitative estimate of drug-likeness (QED) is 0.262. The fourth-order valence-corrected chi connectivity index (χ4v) is 8.55. The van der Waals surface area contributed by atoms with Crippen LogP contribution in [0.25, 0.3) is 0 Å². The Balaban J connectivity index is 2.29. The van der Waals surface area contributed by atoms with E-state index in [4.69, 9.17) is 4.43 Å². The third kappa shape index (κ3) is 7.61. The molecule has 0 amide bonds. The van der Waals surface area contributed by atoms with Gasteiger partial charge in [-0.1, -0.05) is 103 Å². The monoisotopic (exact) mass is 424 g/mol. The van der Waals surface area contributed by atoms with Gasteiger partial charge in [0.25, 0.3) is 8.32 Å². The molecule has 0 unspecified atom stereocenters. The van der Waals surface area contributed by atoms with Gasteiger partial charge in [-0.15, -0.1) is 0 Å². The van der Waals surface area contributed by atoms with Crippen molar-refractivity contribution in [3.05, 3.63) is 59.7 Å². The molecule has 2 rings (SSSR count). The summed E-state index contributed by atoms with van der Waals surface area (Å²) in [6.07, 6.45) is 12.4. The summed E-state index contributed by atoms with van der Waals surface area (Å²) >= 11 is 0. The highest BCUT2D eigenvalue weighted by Gasteiger charge is 2.38. The van der Waals surface area contributed by atoms with Crippen LogP contribution in [0.1, 0.15) is 90.2 Å². The number of benzene rings is 2. The van der Waals surface area contributed by atoms with E-state index in [-0.39, 0.29) is 0 Å². The molecule has 0 fully saturated rings. The zero-order valence-corrected chi connectivity index (χ0v) is 21.0. The van der Waals surface area contributed by atoms with Gasteiger partial charge in [0.15, 0.2) is 0 Å². The van der Waals surface area contributed by atoms with Crippen molar-refractivity contribution in [1.29, 1.82) is 0 Å². The van der Waals surface area contributed by atoms with E-state index in [9.17, 15) is 0 Å². The topological polar surface area (TPSA) is 9.23 Å². The van der Waals surface area contributed by atoms with Crippen LogP contribution in [0, 0.1) is 0 Å². The van der Waals surface area contributed by atoms with Gasteiger partial charge in [-0.25, -0.2) is 0 Å².